The Bertz CT molecular complexity index is 1200. The number of benzene rings is 2. The molecule has 1 N–H and O–H groups in total. The average Bonchev–Trinajstić information content (AvgIpc) is 3.30. The van der Waals surface area contributed by atoms with Crippen molar-refractivity contribution in [2.24, 2.45) is 0 Å². The van der Waals surface area contributed by atoms with E-state index in [0.29, 0.717) is 5.39 Å². The van der Waals surface area contributed by atoms with Crippen molar-refractivity contribution in [3.05, 3.63) is 89.2 Å². The van der Waals surface area contributed by atoms with Crippen molar-refractivity contribution in [3.63, 3.8) is 0 Å². The summed E-state index contributed by atoms with van der Waals surface area (Å²) in [6.07, 6.45) is 4.08. The molecular weight excluding hydrogens is 360 g/mol. The van der Waals surface area contributed by atoms with E-state index >= 15 is 0 Å². The van der Waals surface area contributed by atoms with E-state index in [1.54, 1.807) is 12.3 Å². The number of nitrogens with one attached hydrogen (secondary N) is 1. The molecule has 1 saturated heterocycles. The molecule has 0 aliphatic carbocycles. The zero-order chi connectivity index (χ0) is 19.6. The number of pyridine rings is 2. The van der Waals surface area contributed by atoms with Crippen molar-refractivity contribution in [3.8, 4) is 5.69 Å². The van der Waals surface area contributed by atoms with E-state index in [2.05, 4.69) is 31.9 Å². The summed E-state index contributed by atoms with van der Waals surface area (Å²) in [4.78, 5) is 19.8. The molecule has 29 heavy (non-hydrogen) atoms. The molecule has 5 nitrogen and oxygen atoms in total. The van der Waals surface area contributed by atoms with Crippen LogP contribution in [0.2, 0.25) is 0 Å². The van der Waals surface area contributed by atoms with Crippen molar-refractivity contribution < 1.29 is 0 Å². The second kappa shape index (κ2) is 7.43. The Morgan fingerprint density at radius 2 is 1.55 bits per heavy atom. The van der Waals surface area contributed by atoms with Gasteiger partial charge in [0, 0.05) is 42.8 Å². The Morgan fingerprint density at radius 1 is 0.862 bits per heavy atom. The third-order valence-electron chi connectivity index (χ3n) is 5.37. The highest BCUT2D eigenvalue weighted by molar-refractivity contribution is 5.85. The molecule has 1 fully saturated rings. The molecule has 5 rings (SSSR count). The summed E-state index contributed by atoms with van der Waals surface area (Å²) in [7, 11) is 0. The number of rotatable bonds is 4. The zero-order valence-corrected chi connectivity index (χ0v) is 16.1. The third kappa shape index (κ3) is 3.36. The van der Waals surface area contributed by atoms with Gasteiger partial charge in [-0.25, -0.2) is 4.98 Å². The average molecular weight is 382 g/mol. The highest BCUT2D eigenvalue weighted by Crippen LogP contribution is 2.28. The van der Waals surface area contributed by atoms with E-state index < -0.39 is 0 Å². The normalized spacial score (nSPS) is 13.7. The molecule has 2 aromatic heterocycles. The minimum Gasteiger partial charge on any atom is -0.357 e. The van der Waals surface area contributed by atoms with Crippen LogP contribution in [0.1, 0.15) is 12.8 Å². The fraction of sp³-hybridized carbons (Fsp3) is 0.167. The summed E-state index contributed by atoms with van der Waals surface area (Å²) in [6, 6.07) is 23.7. The molecule has 5 heteroatoms. The second-order valence-corrected chi connectivity index (χ2v) is 7.31. The number of aromatic nitrogens is 2. The van der Waals surface area contributed by atoms with E-state index in [9.17, 15) is 4.79 Å². The van der Waals surface area contributed by atoms with Crippen LogP contribution in [0.4, 0.5) is 17.3 Å². The lowest BCUT2D eigenvalue weighted by atomic mass is 10.2. The first-order valence-electron chi connectivity index (χ1n) is 9.98. The fourth-order valence-electron chi connectivity index (χ4n) is 3.94. The van der Waals surface area contributed by atoms with Gasteiger partial charge in [-0.15, -0.1) is 0 Å². The zero-order valence-electron chi connectivity index (χ0n) is 16.1. The van der Waals surface area contributed by atoms with Crippen molar-refractivity contribution in [1.29, 1.82) is 0 Å². The predicted molar refractivity (Wildman–Crippen MR) is 119 cm³/mol. The number of fused-ring (bicyclic) bond motifs is 1. The Kier molecular flexibility index (Phi) is 4.48. The quantitative estimate of drug-likeness (QED) is 0.554. The van der Waals surface area contributed by atoms with E-state index in [-0.39, 0.29) is 5.43 Å². The minimum atomic E-state index is -0.0360. The summed E-state index contributed by atoms with van der Waals surface area (Å²) >= 11 is 0. The third-order valence-corrected chi connectivity index (χ3v) is 5.37. The maximum atomic E-state index is 12.9. The first-order valence-corrected chi connectivity index (χ1v) is 9.98. The number of hydrogen-bond donors (Lipinski definition) is 1. The molecule has 0 unspecified atom stereocenters. The van der Waals surface area contributed by atoms with E-state index in [4.69, 9.17) is 0 Å². The van der Waals surface area contributed by atoms with Crippen LogP contribution in [0.25, 0.3) is 16.6 Å². The molecular formula is C24H22N4O. The largest absolute Gasteiger partial charge is 0.357 e. The number of para-hydroxylation sites is 2. The van der Waals surface area contributed by atoms with E-state index in [1.165, 1.54) is 12.8 Å². The molecule has 3 heterocycles. The lowest BCUT2D eigenvalue weighted by Crippen LogP contribution is -2.20. The van der Waals surface area contributed by atoms with Crippen LogP contribution >= 0.6 is 0 Å². The van der Waals surface area contributed by atoms with Gasteiger partial charge in [0.05, 0.1) is 10.9 Å². The molecule has 0 atom stereocenters. The number of hydrogen-bond acceptors (Lipinski definition) is 4. The molecule has 1 aliphatic rings. The van der Waals surface area contributed by atoms with Crippen LogP contribution < -0.4 is 15.6 Å². The van der Waals surface area contributed by atoms with E-state index in [1.807, 2.05) is 54.6 Å². The van der Waals surface area contributed by atoms with Gasteiger partial charge in [-0.1, -0.05) is 36.4 Å². The van der Waals surface area contributed by atoms with Gasteiger partial charge in [-0.2, -0.15) is 0 Å². The highest BCUT2D eigenvalue weighted by atomic mass is 16.1. The van der Waals surface area contributed by atoms with Crippen LogP contribution in [0.15, 0.2) is 83.8 Å². The maximum Gasteiger partial charge on any atom is 0.193 e. The van der Waals surface area contributed by atoms with Gasteiger partial charge in [-0.05, 0) is 37.1 Å². The predicted octanol–water partition coefficient (Wildman–Crippen LogP) is 4.73. The van der Waals surface area contributed by atoms with Crippen LogP contribution in [0, 0.1) is 0 Å². The van der Waals surface area contributed by atoms with Crippen LogP contribution in [0.3, 0.4) is 0 Å². The van der Waals surface area contributed by atoms with Gasteiger partial charge < -0.3 is 10.2 Å². The topological polar surface area (TPSA) is 50.2 Å². The van der Waals surface area contributed by atoms with Crippen molar-refractivity contribution >= 4 is 28.2 Å². The summed E-state index contributed by atoms with van der Waals surface area (Å²) in [5.74, 6) is 1.66. The minimum absolute atomic E-state index is 0.0360. The van der Waals surface area contributed by atoms with Gasteiger partial charge in [0.1, 0.15) is 11.6 Å². The Hall–Kier alpha value is -3.60. The Labute approximate surface area is 169 Å². The second-order valence-electron chi connectivity index (χ2n) is 7.31. The summed E-state index contributed by atoms with van der Waals surface area (Å²) in [5, 5.41) is 4.04. The SMILES string of the molecule is O=c1cc(Nc2ccccc2)n(-c2ccccc2)c2cc(N3CCCC3)ncc12. The molecule has 0 spiro atoms. The highest BCUT2D eigenvalue weighted by Gasteiger charge is 2.17. The first-order chi connectivity index (χ1) is 14.3. The molecule has 0 radical (unpaired) electrons. The van der Waals surface area contributed by atoms with Crippen LogP contribution in [-0.2, 0) is 0 Å². The maximum absolute atomic E-state index is 12.9. The molecule has 144 valence electrons. The van der Waals surface area contributed by atoms with Crippen LogP contribution in [0.5, 0.6) is 0 Å². The van der Waals surface area contributed by atoms with Crippen molar-refractivity contribution in [2.45, 2.75) is 12.8 Å². The standard InChI is InChI=1S/C24H22N4O/c29-22-16-24(26-18-9-3-1-4-10-18)28(19-11-5-2-6-12-19)21-15-23(25-17-20(21)22)27-13-7-8-14-27/h1-6,9-12,15-17,26H,7-8,13-14H2. The van der Waals surface area contributed by atoms with Gasteiger partial charge in [-0.3, -0.25) is 9.36 Å². The number of nitrogens with zero attached hydrogens (tertiary/aromatic N) is 3. The summed E-state index contributed by atoms with van der Waals surface area (Å²) in [6.45, 7) is 2.02. The van der Waals surface area contributed by atoms with Gasteiger partial charge >= 0.3 is 0 Å². The lowest BCUT2D eigenvalue weighted by molar-refractivity contribution is 0.938. The van der Waals surface area contributed by atoms with Crippen LogP contribution in [-0.4, -0.2) is 22.6 Å². The molecule has 2 aromatic carbocycles. The lowest BCUT2D eigenvalue weighted by Gasteiger charge is -2.21. The van der Waals surface area contributed by atoms with Crippen molar-refractivity contribution in [1.82, 2.24) is 9.55 Å². The molecule has 1 aliphatic heterocycles. The molecule has 0 amide bonds. The number of anilines is 3. The summed E-state index contributed by atoms with van der Waals surface area (Å²) < 4.78 is 2.10. The molecule has 4 aromatic rings. The Morgan fingerprint density at radius 3 is 2.28 bits per heavy atom. The van der Waals surface area contributed by atoms with Crippen molar-refractivity contribution in [2.75, 3.05) is 23.3 Å². The van der Waals surface area contributed by atoms with E-state index in [0.717, 1.165) is 41.6 Å². The summed E-state index contributed by atoms with van der Waals surface area (Å²) in [5.41, 5.74) is 2.75. The van der Waals surface area contributed by atoms with Gasteiger partial charge in [0.15, 0.2) is 5.43 Å². The Balaban J connectivity index is 1.75. The van der Waals surface area contributed by atoms with Gasteiger partial charge in [0.2, 0.25) is 0 Å². The molecule has 0 bridgehead atoms. The first kappa shape index (κ1) is 17.5. The fourth-order valence-corrected chi connectivity index (χ4v) is 3.94. The monoisotopic (exact) mass is 382 g/mol. The van der Waals surface area contributed by atoms with Gasteiger partial charge in [0.25, 0.3) is 0 Å². The smallest absolute Gasteiger partial charge is 0.193 e. The molecule has 0 saturated carbocycles.